The van der Waals surface area contributed by atoms with Crippen LogP contribution in [-0.2, 0) is 13.1 Å². The zero-order valence-electron chi connectivity index (χ0n) is 16.3. The molecule has 1 saturated heterocycles. The van der Waals surface area contributed by atoms with E-state index in [0.29, 0.717) is 6.61 Å². The molecular formula is C22H32N2O2+2. The molecule has 2 aromatic carbocycles. The zero-order chi connectivity index (χ0) is 18.4. The number of quaternary nitrogens is 2. The molecular weight excluding hydrogens is 324 g/mol. The quantitative estimate of drug-likeness (QED) is 0.771. The fourth-order valence-electron chi connectivity index (χ4n) is 3.81. The van der Waals surface area contributed by atoms with E-state index in [0.717, 1.165) is 24.6 Å². The molecule has 0 spiro atoms. The van der Waals surface area contributed by atoms with Crippen molar-refractivity contribution >= 4 is 0 Å². The smallest absolute Gasteiger partial charge is 0.161 e. The average Bonchev–Trinajstić information content (AvgIpc) is 2.64. The molecule has 26 heavy (non-hydrogen) atoms. The number of nitrogens with one attached hydrogen (secondary N) is 2. The average molecular weight is 357 g/mol. The molecule has 2 N–H and O–H groups in total. The van der Waals surface area contributed by atoms with Gasteiger partial charge in [0, 0.05) is 11.1 Å². The van der Waals surface area contributed by atoms with E-state index in [4.69, 9.17) is 9.47 Å². The number of benzene rings is 2. The molecule has 0 aromatic heterocycles. The SMILES string of the molecule is CCOc1cc(C[NH+]2CC[NH+](Cc3cccc(C)c3)CC2)ccc1OC. The lowest BCUT2D eigenvalue weighted by Crippen LogP contribution is -3.27. The Morgan fingerprint density at radius 2 is 1.50 bits per heavy atom. The van der Waals surface area contributed by atoms with Gasteiger partial charge in [-0.15, -0.1) is 0 Å². The van der Waals surface area contributed by atoms with Crippen LogP contribution >= 0.6 is 0 Å². The Kier molecular flexibility index (Phi) is 6.53. The molecule has 0 unspecified atom stereocenters. The molecule has 0 aliphatic carbocycles. The normalized spacial score (nSPS) is 20.0. The fourth-order valence-corrected chi connectivity index (χ4v) is 3.81. The van der Waals surface area contributed by atoms with Gasteiger partial charge in [0.1, 0.15) is 39.3 Å². The summed E-state index contributed by atoms with van der Waals surface area (Å²) in [6.45, 7) is 11.9. The summed E-state index contributed by atoms with van der Waals surface area (Å²) in [4.78, 5) is 3.36. The summed E-state index contributed by atoms with van der Waals surface area (Å²) in [6.07, 6.45) is 0. The number of rotatable bonds is 7. The highest BCUT2D eigenvalue weighted by Gasteiger charge is 2.23. The van der Waals surface area contributed by atoms with Crippen LogP contribution in [0.1, 0.15) is 23.6 Å². The summed E-state index contributed by atoms with van der Waals surface area (Å²) in [5, 5.41) is 0. The van der Waals surface area contributed by atoms with Gasteiger partial charge in [-0.3, -0.25) is 0 Å². The Balaban J connectivity index is 1.53. The van der Waals surface area contributed by atoms with Crippen LogP contribution in [0.25, 0.3) is 0 Å². The van der Waals surface area contributed by atoms with E-state index in [2.05, 4.69) is 43.3 Å². The van der Waals surface area contributed by atoms with Crippen LogP contribution in [0.2, 0.25) is 0 Å². The molecule has 140 valence electrons. The maximum Gasteiger partial charge on any atom is 0.161 e. The highest BCUT2D eigenvalue weighted by Crippen LogP contribution is 2.27. The largest absolute Gasteiger partial charge is 0.493 e. The van der Waals surface area contributed by atoms with Gasteiger partial charge >= 0.3 is 0 Å². The minimum atomic E-state index is 0.660. The van der Waals surface area contributed by atoms with E-state index in [9.17, 15) is 0 Å². The van der Waals surface area contributed by atoms with Gasteiger partial charge in [-0.25, -0.2) is 0 Å². The van der Waals surface area contributed by atoms with E-state index in [1.807, 2.05) is 13.0 Å². The molecule has 4 heteroatoms. The second kappa shape index (κ2) is 9.06. The number of hydrogen-bond donors (Lipinski definition) is 2. The first-order valence-corrected chi connectivity index (χ1v) is 9.70. The number of aryl methyl sites for hydroxylation is 1. The molecule has 3 rings (SSSR count). The lowest BCUT2D eigenvalue weighted by Gasteiger charge is -2.30. The molecule has 0 bridgehead atoms. The highest BCUT2D eigenvalue weighted by atomic mass is 16.5. The maximum atomic E-state index is 5.71. The van der Waals surface area contributed by atoms with Crippen molar-refractivity contribution in [1.82, 2.24) is 0 Å². The summed E-state index contributed by atoms with van der Waals surface area (Å²) < 4.78 is 11.1. The molecule has 1 heterocycles. The summed E-state index contributed by atoms with van der Waals surface area (Å²) >= 11 is 0. The Morgan fingerprint density at radius 1 is 0.846 bits per heavy atom. The lowest BCUT2D eigenvalue weighted by molar-refractivity contribution is -1.02. The summed E-state index contributed by atoms with van der Waals surface area (Å²) in [5.41, 5.74) is 4.14. The maximum absolute atomic E-state index is 5.71. The molecule has 0 saturated carbocycles. The lowest BCUT2D eigenvalue weighted by atomic mass is 10.1. The van der Waals surface area contributed by atoms with E-state index in [-0.39, 0.29) is 0 Å². The zero-order valence-corrected chi connectivity index (χ0v) is 16.3. The van der Waals surface area contributed by atoms with E-state index >= 15 is 0 Å². The topological polar surface area (TPSA) is 27.3 Å². The van der Waals surface area contributed by atoms with E-state index in [1.165, 1.54) is 42.9 Å². The first-order chi connectivity index (χ1) is 12.7. The van der Waals surface area contributed by atoms with Gasteiger partial charge in [-0.1, -0.05) is 29.8 Å². The molecule has 4 nitrogen and oxygen atoms in total. The highest BCUT2D eigenvalue weighted by molar-refractivity contribution is 5.42. The van der Waals surface area contributed by atoms with Crippen molar-refractivity contribution in [2.45, 2.75) is 26.9 Å². The summed E-state index contributed by atoms with van der Waals surface area (Å²) in [6, 6.07) is 15.3. The molecule has 2 aromatic rings. The molecule has 0 amide bonds. The second-order valence-corrected chi connectivity index (χ2v) is 7.26. The van der Waals surface area contributed by atoms with Crippen LogP contribution in [-0.4, -0.2) is 39.9 Å². The van der Waals surface area contributed by atoms with Crippen LogP contribution in [0.3, 0.4) is 0 Å². The van der Waals surface area contributed by atoms with Gasteiger partial charge in [-0.05, 0) is 32.0 Å². The van der Waals surface area contributed by atoms with Crippen molar-refractivity contribution in [3.8, 4) is 11.5 Å². The molecule has 1 aliphatic rings. The Bertz CT molecular complexity index is 709. The third kappa shape index (κ3) is 4.99. The minimum absolute atomic E-state index is 0.660. The van der Waals surface area contributed by atoms with Crippen LogP contribution < -0.4 is 19.3 Å². The Hall–Kier alpha value is -2.04. The standard InChI is InChI=1S/C22H30N2O2/c1-4-26-22-15-20(8-9-21(22)25-3)17-24-12-10-23(11-13-24)16-19-7-5-6-18(2)14-19/h5-9,14-15H,4,10-13,16-17H2,1-3H3/p+2. The van der Waals surface area contributed by atoms with Crippen molar-refractivity contribution in [2.24, 2.45) is 0 Å². The van der Waals surface area contributed by atoms with Crippen LogP contribution in [0.15, 0.2) is 42.5 Å². The van der Waals surface area contributed by atoms with Crippen LogP contribution in [0, 0.1) is 6.92 Å². The molecule has 1 fully saturated rings. The van der Waals surface area contributed by atoms with Crippen LogP contribution in [0.5, 0.6) is 11.5 Å². The third-order valence-corrected chi connectivity index (χ3v) is 5.18. The number of piperazine rings is 1. The summed E-state index contributed by atoms with van der Waals surface area (Å²) in [7, 11) is 1.69. The molecule has 1 aliphatic heterocycles. The van der Waals surface area contributed by atoms with Gasteiger partial charge in [0.2, 0.25) is 0 Å². The predicted octanol–water partition coefficient (Wildman–Crippen LogP) is 0.886. The van der Waals surface area contributed by atoms with Crippen molar-refractivity contribution in [1.29, 1.82) is 0 Å². The second-order valence-electron chi connectivity index (χ2n) is 7.26. The van der Waals surface area contributed by atoms with Crippen molar-refractivity contribution in [2.75, 3.05) is 39.9 Å². The minimum Gasteiger partial charge on any atom is -0.493 e. The van der Waals surface area contributed by atoms with E-state index in [1.54, 1.807) is 16.9 Å². The molecule has 0 radical (unpaired) electrons. The first kappa shape index (κ1) is 18.7. The first-order valence-electron chi connectivity index (χ1n) is 9.70. The third-order valence-electron chi connectivity index (χ3n) is 5.18. The number of methoxy groups -OCH3 is 1. The van der Waals surface area contributed by atoms with E-state index < -0.39 is 0 Å². The Labute approximate surface area is 157 Å². The predicted molar refractivity (Wildman–Crippen MR) is 104 cm³/mol. The van der Waals surface area contributed by atoms with Crippen molar-refractivity contribution in [3.63, 3.8) is 0 Å². The summed E-state index contributed by atoms with van der Waals surface area (Å²) in [5.74, 6) is 1.67. The number of hydrogen-bond acceptors (Lipinski definition) is 2. The van der Waals surface area contributed by atoms with Crippen LogP contribution in [0.4, 0.5) is 0 Å². The van der Waals surface area contributed by atoms with Gasteiger partial charge in [0.15, 0.2) is 11.5 Å². The Morgan fingerprint density at radius 3 is 2.08 bits per heavy atom. The number of ether oxygens (including phenoxy) is 2. The van der Waals surface area contributed by atoms with Gasteiger partial charge < -0.3 is 19.3 Å². The van der Waals surface area contributed by atoms with Gasteiger partial charge in [0.25, 0.3) is 0 Å². The monoisotopic (exact) mass is 356 g/mol. The van der Waals surface area contributed by atoms with Crippen molar-refractivity contribution < 1.29 is 19.3 Å². The molecule has 0 atom stereocenters. The van der Waals surface area contributed by atoms with Gasteiger partial charge in [0.05, 0.1) is 13.7 Å². The van der Waals surface area contributed by atoms with Crippen molar-refractivity contribution in [3.05, 3.63) is 59.2 Å². The van der Waals surface area contributed by atoms with Gasteiger partial charge in [-0.2, -0.15) is 0 Å². The fraction of sp³-hybridized carbons (Fsp3) is 0.455.